The lowest BCUT2D eigenvalue weighted by Gasteiger charge is -2.12. The van der Waals surface area contributed by atoms with Crippen molar-refractivity contribution in [3.8, 4) is 11.5 Å². The van der Waals surface area contributed by atoms with Crippen LogP contribution in [-0.2, 0) is 10.0 Å². The Morgan fingerprint density at radius 1 is 1.14 bits per heavy atom. The summed E-state index contributed by atoms with van der Waals surface area (Å²) in [5.41, 5.74) is 0.764. The number of aryl methyl sites for hydroxylation is 1. The third-order valence-electron chi connectivity index (χ3n) is 4.06. The molecule has 0 bridgehead atoms. The molecule has 3 rings (SSSR count). The zero-order chi connectivity index (χ0) is 21.0. The van der Waals surface area contributed by atoms with Crippen molar-refractivity contribution in [2.75, 3.05) is 12.4 Å². The first-order chi connectivity index (χ1) is 13.8. The van der Waals surface area contributed by atoms with Crippen LogP contribution < -0.4 is 14.8 Å². The summed E-state index contributed by atoms with van der Waals surface area (Å²) in [5.74, 6) is -0.455. The van der Waals surface area contributed by atoms with E-state index in [0.29, 0.717) is 17.2 Å². The molecule has 0 aliphatic carbocycles. The van der Waals surface area contributed by atoms with Gasteiger partial charge in [-0.1, -0.05) is 0 Å². The fourth-order valence-corrected chi connectivity index (χ4v) is 3.29. The summed E-state index contributed by atoms with van der Waals surface area (Å²) in [6.07, 6.45) is 3.21. The highest BCUT2D eigenvalue weighted by Crippen LogP contribution is 2.27. The number of carbonyl (C=O) groups is 1. The highest BCUT2D eigenvalue weighted by molar-refractivity contribution is 7.89. The predicted octanol–water partition coefficient (Wildman–Crippen LogP) is 3.48. The van der Waals surface area contributed by atoms with Crippen molar-refractivity contribution < 1.29 is 22.3 Å². The van der Waals surface area contributed by atoms with Crippen LogP contribution in [0.1, 0.15) is 15.9 Å². The fraction of sp³-hybridized carbons (Fsp3) is 0.100. The van der Waals surface area contributed by atoms with E-state index in [0.717, 1.165) is 23.8 Å². The molecule has 1 heterocycles. The number of nitrogens with zero attached hydrogens (tertiary/aromatic N) is 1. The first-order valence-electron chi connectivity index (χ1n) is 8.53. The Bertz CT molecular complexity index is 1150. The van der Waals surface area contributed by atoms with E-state index in [1.165, 1.54) is 7.05 Å². The van der Waals surface area contributed by atoms with E-state index >= 15 is 0 Å². The average molecular weight is 415 g/mol. The maximum absolute atomic E-state index is 14.1. The standard InChI is InChI=1S/C20H18FN3O4S/c1-13-10-14(5-8-19(13)28-15-4-3-9-23-12-15)24-20(25)17-11-16(6-7-18(17)21)29(26,27)22-2/h3-12,22H,1-2H3,(H,24,25). The zero-order valence-corrected chi connectivity index (χ0v) is 16.5. The Balaban J connectivity index is 1.81. The quantitative estimate of drug-likeness (QED) is 0.642. The van der Waals surface area contributed by atoms with Crippen molar-refractivity contribution in [3.05, 3.63) is 77.9 Å². The van der Waals surface area contributed by atoms with Gasteiger partial charge in [0.15, 0.2) is 0 Å². The topological polar surface area (TPSA) is 97.4 Å². The zero-order valence-electron chi connectivity index (χ0n) is 15.6. The minimum atomic E-state index is -3.80. The maximum Gasteiger partial charge on any atom is 0.258 e. The van der Waals surface area contributed by atoms with Crippen LogP contribution in [0.2, 0.25) is 0 Å². The number of aromatic nitrogens is 1. The summed E-state index contributed by atoms with van der Waals surface area (Å²) in [6.45, 7) is 1.79. The lowest BCUT2D eigenvalue weighted by molar-refractivity contribution is 0.102. The number of pyridine rings is 1. The van der Waals surface area contributed by atoms with Crippen LogP contribution in [0.3, 0.4) is 0 Å². The van der Waals surface area contributed by atoms with Crippen molar-refractivity contribution in [2.24, 2.45) is 0 Å². The molecular weight excluding hydrogens is 397 g/mol. The van der Waals surface area contributed by atoms with Crippen molar-refractivity contribution >= 4 is 21.6 Å². The van der Waals surface area contributed by atoms with Gasteiger partial charge < -0.3 is 10.1 Å². The van der Waals surface area contributed by atoms with Crippen LogP contribution >= 0.6 is 0 Å². The highest BCUT2D eigenvalue weighted by atomic mass is 32.2. The maximum atomic E-state index is 14.1. The molecule has 0 saturated heterocycles. The van der Waals surface area contributed by atoms with Crippen molar-refractivity contribution in [2.45, 2.75) is 11.8 Å². The molecule has 0 atom stereocenters. The molecule has 0 radical (unpaired) electrons. The molecule has 7 nitrogen and oxygen atoms in total. The van der Waals surface area contributed by atoms with Gasteiger partial charge in [-0.2, -0.15) is 0 Å². The van der Waals surface area contributed by atoms with E-state index in [-0.39, 0.29) is 10.5 Å². The predicted molar refractivity (Wildman–Crippen MR) is 106 cm³/mol. The van der Waals surface area contributed by atoms with Gasteiger partial charge in [0, 0.05) is 11.9 Å². The first-order valence-corrected chi connectivity index (χ1v) is 10.0. The summed E-state index contributed by atoms with van der Waals surface area (Å²) < 4.78 is 45.7. The summed E-state index contributed by atoms with van der Waals surface area (Å²) in [7, 11) is -2.57. The Morgan fingerprint density at radius 2 is 1.93 bits per heavy atom. The van der Waals surface area contributed by atoms with Crippen LogP contribution in [0.15, 0.2) is 65.8 Å². The Kier molecular flexibility index (Phi) is 5.90. The minimum Gasteiger partial charge on any atom is -0.455 e. The number of hydrogen-bond donors (Lipinski definition) is 2. The molecular formula is C20H18FN3O4S. The van der Waals surface area contributed by atoms with E-state index in [9.17, 15) is 17.6 Å². The lowest BCUT2D eigenvalue weighted by Crippen LogP contribution is -2.20. The summed E-state index contributed by atoms with van der Waals surface area (Å²) >= 11 is 0. The van der Waals surface area contributed by atoms with Gasteiger partial charge >= 0.3 is 0 Å². The number of ether oxygens (including phenoxy) is 1. The van der Waals surface area contributed by atoms with Gasteiger partial charge in [0.25, 0.3) is 5.91 Å². The number of halogens is 1. The van der Waals surface area contributed by atoms with Gasteiger partial charge in [0.1, 0.15) is 17.3 Å². The van der Waals surface area contributed by atoms with Crippen molar-refractivity contribution in [1.82, 2.24) is 9.71 Å². The molecule has 0 fully saturated rings. The van der Waals surface area contributed by atoms with Gasteiger partial charge in [-0.05, 0) is 68.1 Å². The molecule has 150 valence electrons. The van der Waals surface area contributed by atoms with Gasteiger partial charge in [-0.15, -0.1) is 0 Å². The Labute approximate surface area is 167 Å². The largest absolute Gasteiger partial charge is 0.455 e. The average Bonchev–Trinajstić information content (AvgIpc) is 2.71. The highest BCUT2D eigenvalue weighted by Gasteiger charge is 2.18. The number of sulfonamides is 1. The number of hydrogen-bond acceptors (Lipinski definition) is 5. The lowest BCUT2D eigenvalue weighted by atomic mass is 10.1. The van der Waals surface area contributed by atoms with Crippen LogP contribution in [-0.4, -0.2) is 26.4 Å². The smallest absolute Gasteiger partial charge is 0.258 e. The van der Waals surface area contributed by atoms with Crippen LogP contribution in [0.25, 0.3) is 0 Å². The summed E-state index contributed by atoms with van der Waals surface area (Å²) in [4.78, 5) is 16.3. The van der Waals surface area contributed by atoms with Gasteiger partial charge in [0.05, 0.1) is 16.7 Å². The number of benzene rings is 2. The fourth-order valence-electron chi connectivity index (χ4n) is 2.54. The molecule has 0 unspecified atom stereocenters. The number of rotatable bonds is 6. The monoisotopic (exact) mass is 415 g/mol. The van der Waals surface area contributed by atoms with Gasteiger partial charge in [-0.3, -0.25) is 9.78 Å². The summed E-state index contributed by atoms with van der Waals surface area (Å²) in [6, 6.07) is 11.5. The molecule has 29 heavy (non-hydrogen) atoms. The molecule has 1 aromatic heterocycles. The van der Waals surface area contributed by atoms with E-state index in [1.807, 2.05) is 0 Å². The third kappa shape index (κ3) is 4.76. The number of amides is 1. The molecule has 3 aromatic rings. The number of carbonyl (C=O) groups excluding carboxylic acids is 1. The normalized spacial score (nSPS) is 11.1. The molecule has 0 aliphatic heterocycles. The van der Waals surface area contributed by atoms with Crippen molar-refractivity contribution in [1.29, 1.82) is 0 Å². The molecule has 2 N–H and O–H groups in total. The summed E-state index contributed by atoms with van der Waals surface area (Å²) in [5, 5.41) is 2.57. The minimum absolute atomic E-state index is 0.206. The molecule has 0 spiro atoms. The Hall–Kier alpha value is -3.30. The Morgan fingerprint density at radius 3 is 2.59 bits per heavy atom. The van der Waals surface area contributed by atoms with Crippen LogP contribution in [0.5, 0.6) is 11.5 Å². The number of anilines is 1. The SMILES string of the molecule is CNS(=O)(=O)c1ccc(F)c(C(=O)Nc2ccc(Oc3cccnc3)c(C)c2)c1. The third-order valence-corrected chi connectivity index (χ3v) is 5.47. The van der Waals surface area contributed by atoms with E-state index in [1.54, 1.807) is 49.6 Å². The molecule has 9 heteroatoms. The van der Waals surface area contributed by atoms with Crippen molar-refractivity contribution in [3.63, 3.8) is 0 Å². The van der Waals surface area contributed by atoms with E-state index in [2.05, 4.69) is 15.0 Å². The van der Waals surface area contributed by atoms with Crippen LogP contribution in [0.4, 0.5) is 10.1 Å². The second kappa shape index (κ2) is 8.38. The molecule has 1 amide bonds. The van der Waals surface area contributed by atoms with E-state index in [4.69, 9.17) is 4.74 Å². The second-order valence-electron chi connectivity index (χ2n) is 6.07. The molecule has 0 aliphatic rings. The van der Waals surface area contributed by atoms with Gasteiger partial charge in [-0.25, -0.2) is 17.5 Å². The van der Waals surface area contributed by atoms with E-state index < -0.39 is 21.7 Å². The molecule has 0 saturated carbocycles. The molecule has 2 aromatic carbocycles. The van der Waals surface area contributed by atoms with Crippen LogP contribution in [0, 0.1) is 12.7 Å². The number of nitrogens with one attached hydrogen (secondary N) is 2. The van der Waals surface area contributed by atoms with Gasteiger partial charge in [0.2, 0.25) is 10.0 Å². The second-order valence-corrected chi connectivity index (χ2v) is 7.96. The first kappa shape index (κ1) is 20.4.